The maximum Gasteiger partial charge on any atom is 0.338 e. The molecule has 0 fully saturated rings. The van der Waals surface area contributed by atoms with Crippen molar-refractivity contribution in [3.63, 3.8) is 0 Å². The Morgan fingerprint density at radius 1 is 0.529 bits per heavy atom. The second kappa shape index (κ2) is 8.23. The number of esters is 2. The quantitative estimate of drug-likeness (QED) is 0.427. The van der Waals surface area contributed by atoms with Gasteiger partial charge in [-0.3, -0.25) is 9.97 Å². The van der Waals surface area contributed by atoms with E-state index in [1.807, 2.05) is 24.3 Å². The molecule has 0 N–H and O–H groups in total. The van der Waals surface area contributed by atoms with Crippen molar-refractivity contribution in [3.05, 3.63) is 131 Å². The first kappa shape index (κ1) is 20.3. The number of benzene rings is 2. The molecule has 0 saturated carbocycles. The summed E-state index contributed by atoms with van der Waals surface area (Å²) in [5.74, 6) is -1.45. The molecule has 2 bridgehead atoms. The largest absolute Gasteiger partial charge is 0.454 e. The van der Waals surface area contributed by atoms with Crippen molar-refractivity contribution in [2.75, 3.05) is 0 Å². The third-order valence-corrected chi connectivity index (χ3v) is 6.63. The van der Waals surface area contributed by atoms with Crippen LogP contribution < -0.4 is 0 Å². The molecule has 3 aliphatic rings. The highest BCUT2D eigenvalue weighted by molar-refractivity contribution is 5.90. The Bertz CT molecular complexity index is 1220. The minimum atomic E-state index is -0.679. The van der Waals surface area contributed by atoms with Gasteiger partial charge in [0.15, 0.2) is 12.2 Å². The number of hydrogen-bond donors (Lipinski definition) is 0. The van der Waals surface area contributed by atoms with E-state index in [0.29, 0.717) is 11.1 Å². The molecule has 2 heterocycles. The van der Waals surface area contributed by atoms with Crippen LogP contribution in [0.5, 0.6) is 0 Å². The third kappa shape index (κ3) is 3.27. The maximum absolute atomic E-state index is 13.1. The number of pyridine rings is 2. The summed E-state index contributed by atoms with van der Waals surface area (Å²) in [6, 6.07) is 22.7. The van der Waals surface area contributed by atoms with Crippen LogP contribution in [-0.2, 0) is 9.47 Å². The van der Waals surface area contributed by atoms with Crippen molar-refractivity contribution in [2.24, 2.45) is 0 Å². The minimum Gasteiger partial charge on any atom is -0.454 e. The molecule has 4 aromatic rings. The molecule has 3 aliphatic carbocycles. The van der Waals surface area contributed by atoms with E-state index in [9.17, 15) is 9.59 Å². The van der Waals surface area contributed by atoms with E-state index >= 15 is 0 Å². The first-order valence-corrected chi connectivity index (χ1v) is 11.1. The molecule has 0 amide bonds. The summed E-state index contributed by atoms with van der Waals surface area (Å²) in [4.78, 5) is 34.2. The molecule has 166 valence electrons. The smallest absolute Gasteiger partial charge is 0.338 e. The Balaban J connectivity index is 1.46. The van der Waals surface area contributed by atoms with E-state index in [-0.39, 0.29) is 11.8 Å². The van der Waals surface area contributed by atoms with E-state index in [1.54, 1.807) is 49.1 Å². The van der Waals surface area contributed by atoms with Crippen molar-refractivity contribution in [2.45, 2.75) is 24.0 Å². The average Bonchev–Trinajstić information content (AvgIpc) is 2.90. The first-order valence-electron chi connectivity index (χ1n) is 11.1. The number of fused-ring (bicyclic) bond motifs is 1. The van der Waals surface area contributed by atoms with Crippen LogP contribution in [0.4, 0.5) is 0 Å². The molecule has 6 nitrogen and oxygen atoms in total. The second-order valence-electron chi connectivity index (χ2n) is 8.42. The van der Waals surface area contributed by atoms with Gasteiger partial charge in [0.05, 0.1) is 23.0 Å². The summed E-state index contributed by atoms with van der Waals surface area (Å²) >= 11 is 0. The Labute approximate surface area is 196 Å². The van der Waals surface area contributed by atoms with Gasteiger partial charge in [-0.1, -0.05) is 48.5 Å². The van der Waals surface area contributed by atoms with E-state index in [1.165, 1.54) is 0 Å². The first-order chi connectivity index (χ1) is 16.7. The standard InChI is InChI=1S/C28H20N2O4/c31-27(17-9-13-29-14-10-17)33-25-23-19-5-1-2-6-20(19)24(22-8-4-3-7-21(22)23)26(25)34-28(32)18-11-15-30-16-12-18/h1-16,23-26H/t23-,24-,25?,26?. The molecular formula is C28H20N2O4. The van der Waals surface area contributed by atoms with Crippen LogP contribution in [-0.4, -0.2) is 34.1 Å². The predicted molar refractivity (Wildman–Crippen MR) is 123 cm³/mol. The lowest BCUT2D eigenvalue weighted by Gasteiger charge is -2.49. The number of carbonyl (C=O) groups is 2. The zero-order chi connectivity index (χ0) is 23.1. The fraction of sp³-hybridized carbons (Fsp3) is 0.143. The summed E-state index contributed by atoms with van der Waals surface area (Å²) in [5, 5.41) is 0. The molecule has 0 aliphatic heterocycles. The van der Waals surface area contributed by atoms with E-state index in [4.69, 9.17) is 9.47 Å². The van der Waals surface area contributed by atoms with Crippen molar-refractivity contribution < 1.29 is 19.1 Å². The van der Waals surface area contributed by atoms with Crippen molar-refractivity contribution in [3.8, 4) is 0 Å². The number of nitrogens with zero attached hydrogens (tertiary/aromatic N) is 2. The Morgan fingerprint density at radius 2 is 0.853 bits per heavy atom. The monoisotopic (exact) mass is 448 g/mol. The zero-order valence-electron chi connectivity index (χ0n) is 18.1. The molecule has 7 rings (SSSR count). The van der Waals surface area contributed by atoms with Crippen LogP contribution in [0.15, 0.2) is 97.6 Å². The summed E-state index contributed by atoms with van der Waals surface area (Å²) in [5.41, 5.74) is 5.17. The number of aromatic nitrogens is 2. The number of ether oxygens (including phenoxy) is 2. The minimum absolute atomic E-state index is 0.251. The van der Waals surface area contributed by atoms with Gasteiger partial charge in [0, 0.05) is 24.8 Å². The molecule has 0 saturated heterocycles. The SMILES string of the molecule is O=C(OC1C(OC(=O)c2ccncc2)[C@H]2c3ccccc3[C@H]1c1ccccc12)c1ccncc1. The predicted octanol–water partition coefficient (Wildman–Crippen LogP) is 4.52. The van der Waals surface area contributed by atoms with Gasteiger partial charge in [-0.2, -0.15) is 0 Å². The molecular weight excluding hydrogens is 428 g/mol. The van der Waals surface area contributed by atoms with E-state index in [2.05, 4.69) is 34.2 Å². The van der Waals surface area contributed by atoms with Gasteiger partial charge in [0.25, 0.3) is 0 Å². The molecule has 2 unspecified atom stereocenters. The Kier molecular flexibility index (Phi) is 4.91. The van der Waals surface area contributed by atoms with Gasteiger partial charge in [-0.05, 0) is 46.5 Å². The average molecular weight is 448 g/mol. The van der Waals surface area contributed by atoms with Crippen LogP contribution in [0.25, 0.3) is 0 Å². The summed E-state index contributed by atoms with van der Waals surface area (Å²) in [7, 11) is 0. The zero-order valence-corrected chi connectivity index (χ0v) is 18.1. The molecule has 0 spiro atoms. The van der Waals surface area contributed by atoms with Crippen molar-refractivity contribution in [1.29, 1.82) is 0 Å². The number of carbonyl (C=O) groups excluding carboxylic acids is 2. The van der Waals surface area contributed by atoms with Crippen LogP contribution >= 0.6 is 0 Å². The molecule has 2 atom stereocenters. The topological polar surface area (TPSA) is 78.4 Å². The summed E-state index contributed by atoms with van der Waals surface area (Å²) in [6.45, 7) is 0. The maximum atomic E-state index is 13.1. The highest BCUT2D eigenvalue weighted by atomic mass is 16.6. The number of hydrogen-bond acceptors (Lipinski definition) is 6. The van der Waals surface area contributed by atoms with Crippen molar-refractivity contribution >= 4 is 11.9 Å². The fourth-order valence-corrected chi connectivity index (χ4v) is 5.21. The lowest BCUT2D eigenvalue weighted by atomic mass is 9.61. The van der Waals surface area contributed by atoms with Gasteiger partial charge in [-0.25, -0.2) is 9.59 Å². The van der Waals surface area contributed by atoms with Crippen LogP contribution in [0.1, 0.15) is 54.8 Å². The lowest BCUT2D eigenvalue weighted by molar-refractivity contribution is -0.0557. The van der Waals surface area contributed by atoms with Gasteiger partial charge in [-0.15, -0.1) is 0 Å². The molecule has 6 heteroatoms. The molecule has 2 aromatic heterocycles. The van der Waals surface area contributed by atoms with E-state index in [0.717, 1.165) is 22.3 Å². The van der Waals surface area contributed by atoms with Crippen LogP contribution in [0.2, 0.25) is 0 Å². The van der Waals surface area contributed by atoms with Crippen molar-refractivity contribution in [1.82, 2.24) is 9.97 Å². The third-order valence-electron chi connectivity index (χ3n) is 6.63. The molecule has 0 radical (unpaired) electrons. The van der Waals surface area contributed by atoms with Gasteiger partial charge < -0.3 is 9.47 Å². The normalized spacial score (nSPS) is 21.8. The van der Waals surface area contributed by atoms with Gasteiger partial charge in [0.2, 0.25) is 0 Å². The molecule has 2 aromatic carbocycles. The van der Waals surface area contributed by atoms with Gasteiger partial charge >= 0.3 is 11.9 Å². The Hall–Kier alpha value is -4.32. The lowest BCUT2D eigenvalue weighted by Crippen LogP contribution is -2.51. The van der Waals surface area contributed by atoms with Crippen LogP contribution in [0.3, 0.4) is 0 Å². The van der Waals surface area contributed by atoms with Gasteiger partial charge in [0.1, 0.15) is 0 Å². The fourth-order valence-electron chi connectivity index (χ4n) is 5.21. The number of rotatable bonds is 4. The highest BCUT2D eigenvalue weighted by Crippen LogP contribution is 2.54. The Morgan fingerprint density at radius 3 is 1.18 bits per heavy atom. The highest BCUT2D eigenvalue weighted by Gasteiger charge is 2.53. The van der Waals surface area contributed by atoms with Crippen LogP contribution in [0, 0.1) is 0 Å². The molecule has 34 heavy (non-hydrogen) atoms. The second-order valence-corrected chi connectivity index (χ2v) is 8.42. The summed E-state index contributed by atoms with van der Waals surface area (Å²) in [6.07, 6.45) is 4.84. The summed E-state index contributed by atoms with van der Waals surface area (Å²) < 4.78 is 12.2. The van der Waals surface area contributed by atoms with E-state index < -0.39 is 24.1 Å².